The van der Waals surface area contributed by atoms with Crippen LogP contribution in [0.5, 0.6) is 0 Å². The van der Waals surface area contributed by atoms with Gasteiger partial charge in [-0.15, -0.1) is 0 Å². The summed E-state index contributed by atoms with van der Waals surface area (Å²) in [5.41, 5.74) is 9.28. The van der Waals surface area contributed by atoms with Crippen molar-refractivity contribution in [2.24, 2.45) is 0 Å². The number of nitrogens with two attached hydrogens (primary N) is 1. The van der Waals surface area contributed by atoms with Crippen LogP contribution in [0.2, 0.25) is 0 Å². The Morgan fingerprint density at radius 1 is 0.929 bits per heavy atom. The lowest BCUT2D eigenvalue weighted by Crippen LogP contribution is -2.07. The van der Waals surface area contributed by atoms with Gasteiger partial charge in [-0.05, 0) is 37.1 Å². The van der Waals surface area contributed by atoms with Crippen molar-refractivity contribution in [1.29, 1.82) is 15.8 Å². The fourth-order valence-electron chi connectivity index (χ4n) is 2.94. The number of aromatic nitrogens is 2. The van der Waals surface area contributed by atoms with Crippen LogP contribution in [0, 0.1) is 34.0 Å². The SMILES string of the molecule is N#Cc1cccc(C#N)c1NCCCc1nn(-c2ccccc2)c(N)c1C#N. The Balaban J connectivity index is 1.73. The summed E-state index contributed by atoms with van der Waals surface area (Å²) < 4.78 is 1.57. The minimum absolute atomic E-state index is 0.318. The van der Waals surface area contributed by atoms with E-state index in [4.69, 9.17) is 5.73 Å². The number of benzene rings is 2. The Morgan fingerprint density at radius 2 is 1.61 bits per heavy atom. The highest BCUT2D eigenvalue weighted by Crippen LogP contribution is 2.22. The zero-order valence-electron chi connectivity index (χ0n) is 15.1. The molecule has 3 aromatic rings. The molecular formula is C21H17N7. The molecule has 136 valence electrons. The highest BCUT2D eigenvalue weighted by Gasteiger charge is 2.16. The first kappa shape index (κ1) is 18.5. The summed E-state index contributed by atoms with van der Waals surface area (Å²) in [4.78, 5) is 0. The molecule has 0 aliphatic heterocycles. The first-order chi connectivity index (χ1) is 13.7. The van der Waals surface area contributed by atoms with Gasteiger partial charge in [0.2, 0.25) is 0 Å². The summed E-state index contributed by atoms with van der Waals surface area (Å²) >= 11 is 0. The van der Waals surface area contributed by atoms with Gasteiger partial charge < -0.3 is 11.1 Å². The van der Waals surface area contributed by atoms with Gasteiger partial charge in [0, 0.05) is 6.54 Å². The van der Waals surface area contributed by atoms with Crippen molar-refractivity contribution in [3.8, 4) is 23.9 Å². The van der Waals surface area contributed by atoms with E-state index in [1.807, 2.05) is 30.3 Å². The van der Waals surface area contributed by atoms with Gasteiger partial charge in [0.1, 0.15) is 29.6 Å². The van der Waals surface area contributed by atoms with E-state index < -0.39 is 0 Å². The molecule has 1 aromatic heterocycles. The summed E-state index contributed by atoms with van der Waals surface area (Å²) in [5, 5.41) is 35.6. The smallest absolute Gasteiger partial charge is 0.145 e. The van der Waals surface area contributed by atoms with Crippen LogP contribution in [0.3, 0.4) is 0 Å². The number of nitrogens with zero attached hydrogens (tertiary/aromatic N) is 5. The van der Waals surface area contributed by atoms with Crippen molar-refractivity contribution in [3.05, 3.63) is 70.9 Å². The predicted octanol–water partition coefficient (Wildman–Crippen LogP) is 3.11. The Hall–Kier alpha value is -4.28. The molecule has 0 bridgehead atoms. The molecule has 3 N–H and O–H groups in total. The van der Waals surface area contributed by atoms with Gasteiger partial charge in [-0.1, -0.05) is 24.3 Å². The molecule has 0 saturated heterocycles. The molecular weight excluding hydrogens is 350 g/mol. The van der Waals surface area contributed by atoms with E-state index in [0.717, 1.165) is 5.69 Å². The van der Waals surface area contributed by atoms with Crippen molar-refractivity contribution in [2.45, 2.75) is 12.8 Å². The molecule has 0 fully saturated rings. The van der Waals surface area contributed by atoms with E-state index >= 15 is 0 Å². The Labute approximate surface area is 162 Å². The lowest BCUT2D eigenvalue weighted by atomic mass is 10.1. The van der Waals surface area contributed by atoms with Crippen LogP contribution in [0.15, 0.2) is 48.5 Å². The second kappa shape index (κ2) is 8.40. The molecule has 0 saturated carbocycles. The summed E-state index contributed by atoms with van der Waals surface area (Å²) in [6, 6.07) is 20.7. The topological polar surface area (TPSA) is 127 Å². The molecule has 3 rings (SSSR count). The largest absolute Gasteiger partial charge is 0.383 e. The van der Waals surface area contributed by atoms with Gasteiger partial charge in [0.05, 0.1) is 28.2 Å². The molecule has 0 unspecified atom stereocenters. The number of nitriles is 3. The molecule has 7 nitrogen and oxygen atoms in total. The van der Waals surface area contributed by atoms with Gasteiger partial charge in [-0.2, -0.15) is 20.9 Å². The average molecular weight is 367 g/mol. The Bertz CT molecular complexity index is 1080. The number of anilines is 2. The second-order valence-corrected chi connectivity index (χ2v) is 6.05. The minimum atomic E-state index is 0.318. The lowest BCUT2D eigenvalue weighted by Gasteiger charge is -2.09. The molecule has 0 aliphatic rings. The number of hydrogen-bond acceptors (Lipinski definition) is 6. The number of hydrogen-bond donors (Lipinski definition) is 2. The van der Waals surface area contributed by atoms with Gasteiger partial charge in [0.15, 0.2) is 0 Å². The van der Waals surface area contributed by atoms with Crippen LogP contribution in [-0.4, -0.2) is 16.3 Å². The van der Waals surface area contributed by atoms with Gasteiger partial charge in [-0.3, -0.25) is 0 Å². The molecule has 0 spiro atoms. The fraction of sp³-hybridized carbons (Fsp3) is 0.143. The molecule has 0 radical (unpaired) electrons. The third-order valence-electron chi connectivity index (χ3n) is 4.30. The van der Waals surface area contributed by atoms with E-state index in [0.29, 0.717) is 53.3 Å². The van der Waals surface area contributed by atoms with Crippen LogP contribution in [0.4, 0.5) is 11.5 Å². The normalized spacial score (nSPS) is 9.89. The van der Waals surface area contributed by atoms with Gasteiger partial charge >= 0.3 is 0 Å². The van der Waals surface area contributed by atoms with Crippen molar-refractivity contribution in [3.63, 3.8) is 0 Å². The average Bonchev–Trinajstić information content (AvgIpc) is 3.06. The van der Waals surface area contributed by atoms with Crippen molar-refractivity contribution in [1.82, 2.24) is 9.78 Å². The number of nitrogen functional groups attached to an aromatic ring is 1. The first-order valence-corrected chi connectivity index (χ1v) is 8.69. The maximum absolute atomic E-state index is 9.46. The highest BCUT2D eigenvalue weighted by molar-refractivity contribution is 5.66. The Morgan fingerprint density at radius 3 is 2.21 bits per heavy atom. The van der Waals surface area contributed by atoms with Crippen molar-refractivity contribution in [2.75, 3.05) is 17.6 Å². The zero-order valence-corrected chi connectivity index (χ0v) is 15.1. The van der Waals surface area contributed by atoms with Gasteiger partial charge in [0.25, 0.3) is 0 Å². The van der Waals surface area contributed by atoms with E-state index in [2.05, 4.69) is 28.6 Å². The van der Waals surface area contributed by atoms with E-state index in [1.54, 1.807) is 22.9 Å². The molecule has 28 heavy (non-hydrogen) atoms. The van der Waals surface area contributed by atoms with Crippen LogP contribution < -0.4 is 11.1 Å². The minimum Gasteiger partial charge on any atom is -0.383 e. The zero-order chi connectivity index (χ0) is 19.9. The molecule has 0 atom stereocenters. The van der Waals surface area contributed by atoms with Crippen molar-refractivity contribution >= 4 is 11.5 Å². The summed E-state index contributed by atoms with van der Waals surface area (Å²) in [7, 11) is 0. The standard InChI is InChI=1S/C21H17N7/c22-12-15-6-4-7-16(13-23)20(15)26-11-5-10-19-18(14-24)21(25)28(27-19)17-8-2-1-3-9-17/h1-4,6-9,26H,5,10-11,25H2. The third kappa shape index (κ3) is 3.62. The number of nitrogens with one attached hydrogen (secondary N) is 1. The molecule has 7 heteroatoms. The highest BCUT2D eigenvalue weighted by atomic mass is 15.3. The van der Waals surface area contributed by atoms with E-state index in [9.17, 15) is 15.8 Å². The summed E-state index contributed by atoms with van der Waals surface area (Å²) in [6.07, 6.45) is 1.20. The summed E-state index contributed by atoms with van der Waals surface area (Å²) in [5.74, 6) is 0.318. The quantitative estimate of drug-likeness (QED) is 0.644. The second-order valence-electron chi connectivity index (χ2n) is 6.05. The number of rotatable bonds is 6. The molecule has 0 amide bonds. The molecule has 0 aliphatic carbocycles. The lowest BCUT2D eigenvalue weighted by molar-refractivity contribution is 0.790. The van der Waals surface area contributed by atoms with Crippen LogP contribution in [0.1, 0.15) is 28.8 Å². The first-order valence-electron chi connectivity index (χ1n) is 8.69. The third-order valence-corrected chi connectivity index (χ3v) is 4.30. The number of aryl methyl sites for hydroxylation is 1. The predicted molar refractivity (Wildman–Crippen MR) is 105 cm³/mol. The van der Waals surface area contributed by atoms with Crippen LogP contribution in [-0.2, 0) is 6.42 Å². The number of para-hydroxylation sites is 2. The van der Waals surface area contributed by atoms with E-state index in [-0.39, 0.29) is 0 Å². The van der Waals surface area contributed by atoms with E-state index in [1.165, 1.54) is 0 Å². The fourth-order valence-corrected chi connectivity index (χ4v) is 2.94. The van der Waals surface area contributed by atoms with Crippen molar-refractivity contribution < 1.29 is 0 Å². The maximum Gasteiger partial charge on any atom is 0.145 e. The molecule has 1 heterocycles. The maximum atomic E-state index is 9.46. The van der Waals surface area contributed by atoms with Gasteiger partial charge in [-0.25, -0.2) is 4.68 Å². The Kier molecular flexibility index (Phi) is 5.55. The monoisotopic (exact) mass is 367 g/mol. The van der Waals surface area contributed by atoms with Crippen LogP contribution in [0.25, 0.3) is 5.69 Å². The molecule has 2 aromatic carbocycles. The summed E-state index contributed by atoms with van der Waals surface area (Å²) in [6.45, 7) is 0.524. The van der Waals surface area contributed by atoms with Crippen LogP contribution >= 0.6 is 0 Å².